The number of phosphoric acid groups is 1. The first-order valence-electron chi connectivity index (χ1n) is 23.0. The highest BCUT2D eigenvalue weighted by Crippen LogP contribution is 2.43. The molecule has 0 aromatic carbocycles. The van der Waals surface area contributed by atoms with Crippen LogP contribution in [0.2, 0.25) is 0 Å². The zero-order valence-electron chi connectivity index (χ0n) is 37.6. The Morgan fingerprint density at radius 2 is 0.883 bits per heavy atom. The van der Waals surface area contributed by atoms with Gasteiger partial charge in [0, 0.05) is 19.6 Å². The minimum Gasteiger partial charge on any atom is -0.457 e. The molecular weight excluding hydrogens is 770 g/mol. The van der Waals surface area contributed by atoms with Gasteiger partial charge in [-0.3, -0.25) is 13.8 Å². The van der Waals surface area contributed by atoms with Gasteiger partial charge in [0.25, 0.3) is 0 Å². The summed E-state index contributed by atoms with van der Waals surface area (Å²) in [5.41, 5.74) is 5.37. The summed E-state index contributed by atoms with van der Waals surface area (Å²) >= 11 is 0. The van der Waals surface area contributed by atoms with Crippen LogP contribution in [-0.4, -0.2) is 49.9 Å². The second-order valence-corrected chi connectivity index (χ2v) is 16.0. The molecule has 2 unspecified atom stereocenters. The molecule has 8 nitrogen and oxygen atoms in total. The van der Waals surface area contributed by atoms with Crippen molar-refractivity contribution in [3.8, 4) is 0 Å². The Morgan fingerprint density at radius 1 is 0.500 bits per heavy atom. The van der Waals surface area contributed by atoms with E-state index in [4.69, 9.17) is 24.3 Å². The van der Waals surface area contributed by atoms with E-state index in [9.17, 15) is 14.3 Å². The number of phosphoric ester groups is 1. The molecule has 0 saturated heterocycles. The molecule has 0 aromatic heterocycles. The van der Waals surface area contributed by atoms with Crippen molar-refractivity contribution in [3.63, 3.8) is 0 Å². The molecule has 9 heteroatoms. The lowest BCUT2D eigenvalue weighted by molar-refractivity contribution is -0.154. The molecule has 2 atom stereocenters. The number of carbonyl (C=O) groups is 1. The van der Waals surface area contributed by atoms with E-state index in [0.717, 1.165) is 128 Å². The molecule has 60 heavy (non-hydrogen) atoms. The van der Waals surface area contributed by atoms with Crippen molar-refractivity contribution in [2.45, 2.75) is 161 Å². The van der Waals surface area contributed by atoms with E-state index in [0.29, 0.717) is 6.61 Å². The number of hydrogen-bond donors (Lipinski definition) is 2. The minimum atomic E-state index is -4.30. The van der Waals surface area contributed by atoms with Crippen LogP contribution in [0.1, 0.15) is 155 Å². The van der Waals surface area contributed by atoms with E-state index in [2.05, 4.69) is 135 Å². The zero-order valence-corrected chi connectivity index (χ0v) is 38.5. The summed E-state index contributed by atoms with van der Waals surface area (Å²) < 4.78 is 33.4. The minimum absolute atomic E-state index is 0.0835. The lowest BCUT2D eigenvalue weighted by atomic mass is 10.1. The van der Waals surface area contributed by atoms with Crippen LogP contribution in [-0.2, 0) is 27.9 Å². The predicted molar refractivity (Wildman–Crippen MR) is 256 cm³/mol. The van der Waals surface area contributed by atoms with Gasteiger partial charge < -0.3 is 20.1 Å². The van der Waals surface area contributed by atoms with Crippen LogP contribution in [0.5, 0.6) is 0 Å². The number of ether oxygens (including phenoxy) is 2. The fraction of sp³-hybridized carbons (Fsp3) is 0.588. The third kappa shape index (κ3) is 46.0. The van der Waals surface area contributed by atoms with Gasteiger partial charge in [0.1, 0.15) is 6.10 Å². The molecule has 0 radical (unpaired) electrons. The number of hydrogen-bond acceptors (Lipinski definition) is 7. The Labute approximate surface area is 366 Å². The number of esters is 1. The van der Waals surface area contributed by atoms with Crippen LogP contribution < -0.4 is 5.73 Å². The summed E-state index contributed by atoms with van der Waals surface area (Å²) in [5, 5.41) is 0. The van der Waals surface area contributed by atoms with Crippen molar-refractivity contribution < 1.29 is 32.8 Å². The molecule has 0 aliphatic heterocycles. The predicted octanol–water partition coefficient (Wildman–Crippen LogP) is 14.2. The maximum absolute atomic E-state index is 12.6. The molecule has 0 rings (SSSR count). The van der Waals surface area contributed by atoms with Crippen LogP contribution in [0.25, 0.3) is 0 Å². The normalized spacial score (nSPS) is 14.5. The SMILES string of the molecule is CC/C=C\C/C=C\C/C=C\C/C=C\C/C=C\C/C=C\CCCCCCCOCC(COP(=O)(O)OCCN)OC(=O)CCCCCC/C=C\C/C=C\C/C=C\C/C=C\CC. The molecule has 0 aliphatic rings. The average Bonchev–Trinajstić information content (AvgIpc) is 3.24. The number of rotatable bonds is 42. The lowest BCUT2D eigenvalue weighted by Gasteiger charge is -2.20. The highest BCUT2D eigenvalue weighted by molar-refractivity contribution is 7.47. The van der Waals surface area contributed by atoms with Crippen LogP contribution in [0.3, 0.4) is 0 Å². The molecule has 0 bridgehead atoms. The second kappa shape index (κ2) is 47.0. The van der Waals surface area contributed by atoms with Gasteiger partial charge in [-0.25, -0.2) is 4.57 Å². The largest absolute Gasteiger partial charge is 0.472 e. The Morgan fingerprint density at radius 3 is 1.32 bits per heavy atom. The van der Waals surface area contributed by atoms with Crippen molar-refractivity contribution in [2.24, 2.45) is 5.73 Å². The molecule has 3 N–H and O–H groups in total. The summed E-state index contributed by atoms with van der Waals surface area (Å²) in [6.07, 6.45) is 65.1. The summed E-state index contributed by atoms with van der Waals surface area (Å²) in [7, 11) is -4.30. The van der Waals surface area contributed by atoms with E-state index in [1.807, 2.05) is 0 Å². The maximum Gasteiger partial charge on any atom is 0.472 e. The van der Waals surface area contributed by atoms with Crippen molar-refractivity contribution in [3.05, 3.63) is 122 Å². The summed E-state index contributed by atoms with van der Waals surface area (Å²) in [6, 6.07) is 0. The van der Waals surface area contributed by atoms with E-state index >= 15 is 0 Å². The van der Waals surface area contributed by atoms with Crippen molar-refractivity contribution >= 4 is 13.8 Å². The highest BCUT2D eigenvalue weighted by Gasteiger charge is 2.25. The summed E-state index contributed by atoms with van der Waals surface area (Å²) in [6.45, 7) is 4.57. The van der Waals surface area contributed by atoms with Gasteiger partial charge in [0.05, 0.1) is 19.8 Å². The summed E-state index contributed by atoms with van der Waals surface area (Å²) in [4.78, 5) is 22.5. The molecule has 0 aromatic rings. The van der Waals surface area contributed by atoms with Gasteiger partial charge in [-0.2, -0.15) is 0 Å². The van der Waals surface area contributed by atoms with Gasteiger partial charge in [-0.1, -0.05) is 167 Å². The first-order chi connectivity index (χ1) is 29.4. The Kier molecular flexibility index (Phi) is 44.5. The molecule has 340 valence electrons. The average molecular weight is 854 g/mol. The lowest BCUT2D eigenvalue weighted by Crippen LogP contribution is -2.28. The van der Waals surface area contributed by atoms with E-state index < -0.39 is 13.9 Å². The highest BCUT2D eigenvalue weighted by atomic mass is 31.2. The van der Waals surface area contributed by atoms with Crippen LogP contribution in [0.4, 0.5) is 0 Å². The monoisotopic (exact) mass is 854 g/mol. The first-order valence-corrected chi connectivity index (χ1v) is 24.5. The number of allylic oxidation sites excluding steroid dienone is 20. The second-order valence-electron chi connectivity index (χ2n) is 14.5. The maximum atomic E-state index is 12.6. The summed E-state index contributed by atoms with van der Waals surface area (Å²) in [5.74, 6) is -0.367. The zero-order chi connectivity index (χ0) is 43.7. The molecular formula is C51H84NO7P. The molecule has 0 fully saturated rings. The number of unbranched alkanes of at least 4 members (excludes halogenated alkanes) is 9. The first kappa shape index (κ1) is 56.9. The van der Waals surface area contributed by atoms with Gasteiger partial charge in [0.2, 0.25) is 0 Å². The Balaban J connectivity index is 4.13. The third-order valence-electron chi connectivity index (χ3n) is 8.87. The quantitative estimate of drug-likeness (QED) is 0.0270. The topological polar surface area (TPSA) is 117 Å². The Bertz CT molecular complexity index is 1320. The van der Waals surface area contributed by atoms with Crippen molar-refractivity contribution in [1.82, 2.24) is 0 Å². The van der Waals surface area contributed by atoms with E-state index in [-0.39, 0.29) is 38.8 Å². The van der Waals surface area contributed by atoms with E-state index in [1.54, 1.807) is 0 Å². The fourth-order valence-electron chi connectivity index (χ4n) is 5.58. The standard InChI is InChI=1S/C51H84NO7P/c1-3-5-7-9-11-13-15-17-19-21-22-23-24-25-26-27-29-31-33-35-37-39-41-43-46-56-48-50(49-58-60(54,55)57-47-45-52)59-51(53)44-42-40-38-36-34-32-30-28-20-18-16-14-12-10-8-6-4-2/h5-8,11-14,17-20,22-23,25-26,29-32,50H,3-4,9-10,15-16,21,24,27-28,33-49,52H2,1-2H3,(H,54,55)/b7-5-,8-6-,13-11-,14-12-,19-17-,20-18-,23-22-,26-25-,31-29-,32-30-. The fourth-order valence-corrected chi connectivity index (χ4v) is 6.34. The Hall–Kier alpha value is -3.10. The van der Waals surface area contributed by atoms with Gasteiger partial charge in [-0.05, 0) is 103 Å². The van der Waals surface area contributed by atoms with E-state index in [1.165, 1.54) is 6.42 Å². The number of carbonyl (C=O) groups excluding carboxylic acids is 1. The molecule has 0 spiro atoms. The molecule has 0 heterocycles. The smallest absolute Gasteiger partial charge is 0.457 e. The molecule has 0 amide bonds. The van der Waals surface area contributed by atoms with Crippen molar-refractivity contribution in [1.29, 1.82) is 0 Å². The third-order valence-corrected chi connectivity index (χ3v) is 9.86. The number of nitrogens with two attached hydrogens (primary N) is 1. The molecule has 0 aliphatic carbocycles. The van der Waals surface area contributed by atoms with Gasteiger partial charge >= 0.3 is 13.8 Å². The van der Waals surface area contributed by atoms with Gasteiger partial charge in [-0.15, -0.1) is 0 Å². The van der Waals surface area contributed by atoms with Gasteiger partial charge in [0.15, 0.2) is 0 Å². The van der Waals surface area contributed by atoms with Crippen LogP contribution >= 0.6 is 7.82 Å². The van der Waals surface area contributed by atoms with Crippen LogP contribution in [0.15, 0.2) is 122 Å². The molecule has 0 saturated carbocycles. The van der Waals surface area contributed by atoms with Crippen LogP contribution in [0, 0.1) is 0 Å². The van der Waals surface area contributed by atoms with Crippen molar-refractivity contribution in [2.75, 3.05) is 33.0 Å².